The fraction of sp³-hybridized carbons (Fsp3) is 0.143. The van der Waals surface area contributed by atoms with Crippen LogP contribution in [-0.2, 0) is 11.8 Å². The number of imidazole rings is 1. The van der Waals surface area contributed by atoms with E-state index in [9.17, 15) is 23.1 Å². The van der Waals surface area contributed by atoms with Crippen LogP contribution in [0.15, 0.2) is 79.4 Å². The van der Waals surface area contributed by atoms with Gasteiger partial charge in [0, 0.05) is 29.7 Å². The van der Waals surface area contributed by atoms with Crippen LogP contribution < -0.4 is 5.32 Å². The molecule has 3 aromatic heterocycles. The van der Waals surface area contributed by atoms with Gasteiger partial charge in [-0.3, -0.25) is 9.20 Å². The first-order valence-electron chi connectivity index (χ1n) is 11.7. The summed E-state index contributed by atoms with van der Waals surface area (Å²) in [5, 5.41) is 13.2. The number of carbonyl (C=O) groups excluding carboxylic acids is 1. The Morgan fingerprint density at radius 1 is 0.949 bits per heavy atom. The Morgan fingerprint density at radius 2 is 1.64 bits per heavy atom. The van der Waals surface area contributed by atoms with Crippen LogP contribution in [0.3, 0.4) is 0 Å². The number of hydrogen-bond acceptors (Lipinski definition) is 5. The van der Waals surface area contributed by atoms with Crippen molar-refractivity contribution in [3.05, 3.63) is 102 Å². The zero-order valence-corrected chi connectivity index (χ0v) is 20.7. The predicted octanol–water partition coefficient (Wildman–Crippen LogP) is 6.10. The van der Waals surface area contributed by atoms with E-state index in [4.69, 9.17) is 0 Å². The number of aliphatic hydroxyl groups is 1. The molecule has 2 aromatic carbocycles. The SMILES string of the molecule is CC(C)(O)c1cnc2c(NC(=O)c3cc(-c4ncccn4)c(C(F)(F)F)cc3F)c(-c3ccccc3)ccn12. The lowest BCUT2D eigenvalue weighted by Gasteiger charge is -2.19. The van der Waals surface area contributed by atoms with Gasteiger partial charge in [-0.05, 0) is 43.7 Å². The lowest BCUT2D eigenvalue weighted by atomic mass is 10.0. The smallest absolute Gasteiger partial charge is 0.384 e. The maximum Gasteiger partial charge on any atom is 0.417 e. The van der Waals surface area contributed by atoms with Crippen LogP contribution in [0.4, 0.5) is 23.2 Å². The summed E-state index contributed by atoms with van der Waals surface area (Å²) in [5.74, 6) is -2.68. The number of pyridine rings is 1. The maximum absolute atomic E-state index is 15.1. The number of nitrogens with zero attached hydrogens (tertiary/aromatic N) is 4. The highest BCUT2D eigenvalue weighted by Crippen LogP contribution is 2.38. The van der Waals surface area contributed by atoms with E-state index in [0.29, 0.717) is 16.8 Å². The molecule has 5 rings (SSSR count). The van der Waals surface area contributed by atoms with Crippen molar-refractivity contribution in [1.29, 1.82) is 0 Å². The third-order valence-electron chi connectivity index (χ3n) is 6.09. The van der Waals surface area contributed by atoms with Crippen molar-refractivity contribution >= 4 is 17.2 Å². The molecule has 0 bridgehead atoms. The van der Waals surface area contributed by atoms with Crippen molar-refractivity contribution in [3.8, 4) is 22.5 Å². The Labute approximate surface area is 219 Å². The van der Waals surface area contributed by atoms with Crippen molar-refractivity contribution in [2.24, 2.45) is 0 Å². The fourth-order valence-electron chi connectivity index (χ4n) is 4.27. The van der Waals surface area contributed by atoms with Crippen molar-refractivity contribution in [2.45, 2.75) is 25.6 Å². The largest absolute Gasteiger partial charge is 0.417 e. The summed E-state index contributed by atoms with van der Waals surface area (Å²) in [6.07, 6.45) is 0.703. The van der Waals surface area contributed by atoms with Crippen LogP contribution in [0, 0.1) is 5.82 Å². The van der Waals surface area contributed by atoms with E-state index in [1.807, 2.05) is 6.07 Å². The standard InChI is InChI=1S/C28H21F4N5O2/c1-27(2,39)22-15-35-25-23(17(9-12-37(22)25)16-7-4-3-5-8-16)36-26(38)19-13-18(24-33-10-6-11-34-24)20(14-21(19)29)28(30,31)32/h3-15,39H,1-2H3,(H,36,38). The highest BCUT2D eigenvalue weighted by Gasteiger charge is 2.36. The van der Waals surface area contributed by atoms with E-state index < -0.39 is 40.2 Å². The van der Waals surface area contributed by atoms with Gasteiger partial charge in [0.15, 0.2) is 11.5 Å². The fourth-order valence-corrected chi connectivity index (χ4v) is 4.27. The van der Waals surface area contributed by atoms with Gasteiger partial charge in [0.1, 0.15) is 11.4 Å². The minimum Gasteiger partial charge on any atom is -0.384 e. The number of anilines is 1. The summed E-state index contributed by atoms with van der Waals surface area (Å²) in [7, 11) is 0. The third-order valence-corrected chi connectivity index (χ3v) is 6.09. The Balaban J connectivity index is 1.67. The quantitative estimate of drug-likeness (QED) is 0.266. The van der Waals surface area contributed by atoms with Gasteiger partial charge in [-0.1, -0.05) is 30.3 Å². The molecule has 0 spiro atoms. The van der Waals surface area contributed by atoms with Gasteiger partial charge in [0.2, 0.25) is 0 Å². The number of hydrogen-bond donors (Lipinski definition) is 2. The minimum absolute atomic E-state index is 0.181. The molecule has 3 heterocycles. The van der Waals surface area contributed by atoms with Gasteiger partial charge in [-0.2, -0.15) is 13.2 Å². The molecule has 198 valence electrons. The number of aromatic nitrogens is 4. The molecule has 0 aliphatic heterocycles. The highest BCUT2D eigenvalue weighted by molar-refractivity contribution is 6.09. The van der Waals surface area contributed by atoms with Crippen molar-refractivity contribution < 1.29 is 27.5 Å². The van der Waals surface area contributed by atoms with E-state index in [-0.39, 0.29) is 23.2 Å². The monoisotopic (exact) mass is 535 g/mol. The average Bonchev–Trinajstić information content (AvgIpc) is 3.35. The first-order chi connectivity index (χ1) is 18.4. The van der Waals surface area contributed by atoms with Crippen LogP contribution in [0.2, 0.25) is 0 Å². The number of alkyl halides is 3. The maximum atomic E-state index is 15.1. The molecule has 11 heteroatoms. The Morgan fingerprint density at radius 3 is 2.28 bits per heavy atom. The molecular formula is C28H21F4N5O2. The molecule has 1 amide bonds. The van der Waals surface area contributed by atoms with Crippen molar-refractivity contribution in [3.63, 3.8) is 0 Å². The van der Waals surface area contributed by atoms with Gasteiger partial charge >= 0.3 is 6.18 Å². The van der Waals surface area contributed by atoms with Crippen LogP contribution in [-0.4, -0.2) is 30.4 Å². The number of amides is 1. The van der Waals surface area contributed by atoms with Gasteiger partial charge in [0.25, 0.3) is 5.91 Å². The van der Waals surface area contributed by atoms with Crippen LogP contribution in [0.1, 0.15) is 35.5 Å². The number of nitrogens with one attached hydrogen (secondary N) is 1. The summed E-state index contributed by atoms with van der Waals surface area (Å²) in [5.41, 5.74) is -1.67. The van der Waals surface area contributed by atoms with Crippen LogP contribution in [0.25, 0.3) is 28.2 Å². The lowest BCUT2D eigenvalue weighted by molar-refractivity contribution is -0.137. The van der Waals surface area contributed by atoms with Gasteiger partial charge in [0.05, 0.1) is 28.7 Å². The van der Waals surface area contributed by atoms with E-state index >= 15 is 4.39 Å². The molecule has 0 radical (unpaired) electrons. The molecule has 5 aromatic rings. The molecule has 0 aliphatic carbocycles. The van der Waals surface area contributed by atoms with E-state index in [1.165, 1.54) is 24.7 Å². The van der Waals surface area contributed by atoms with Crippen LogP contribution >= 0.6 is 0 Å². The second-order valence-electron chi connectivity index (χ2n) is 9.27. The summed E-state index contributed by atoms with van der Waals surface area (Å²) in [6.45, 7) is 3.15. The lowest BCUT2D eigenvalue weighted by Crippen LogP contribution is -2.19. The van der Waals surface area contributed by atoms with Crippen LogP contribution in [0.5, 0.6) is 0 Å². The molecule has 0 fully saturated rings. The first kappa shape index (κ1) is 26.0. The van der Waals surface area contributed by atoms with E-state index in [1.54, 1.807) is 54.8 Å². The molecular weight excluding hydrogens is 514 g/mol. The molecule has 0 aliphatic rings. The second kappa shape index (κ2) is 9.59. The third kappa shape index (κ3) is 4.96. The van der Waals surface area contributed by atoms with E-state index in [2.05, 4.69) is 20.3 Å². The summed E-state index contributed by atoms with van der Waals surface area (Å²) in [6, 6.07) is 13.2. The number of rotatable bonds is 5. The van der Waals surface area contributed by atoms with E-state index in [0.717, 1.165) is 6.07 Å². The number of fused-ring (bicyclic) bond motifs is 1. The first-order valence-corrected chi connectivity index (χ1v) is 11.7. The minimum atomic E-state index is -4.92. The van der Waals surface area contributed by atoms with Crippen molar-refractivity contribution in [1.82, 2.24) is 19.4 Å². The zero-order valence-electron chi connectivity index (χ0n) is 20.7. The number of carbonyl (C=O) groups is 1. The molecule has 39 heavy (non-hydrogen) atoms. The molecule has 2 N–H and O–H groups in total. The molecule has 7 nitrogen and oxygen atoms in total. The topological polar surface area (TPSA) is 92.4 Å². The normalized spacial score (nSPS) is 12.1. The average molecular weight is 536 g/mol. The Hall–Kier alpha value is -4.64. The number of halogens is 4. The predicted molar refractivity (Wildman–Crippen MR) is 136 cm³/mol. The highest BCUT2D eigenvalue weighted by atomic mass is 19.4. The molecule has 0 unspecified atom stereocenters. The Kier molecular flexibility index (Phi) is 6.39. The number of benzene rings is 2. The zero-order chi connectivity index (χ0) is 27.9. The van der Waals surface area contributed by atoms with Gasteiger partial charge in [-0.25, -0.2) is 19.3 Å². The second-order valence-corrected chi connectivity index (χ2v) is 9.27. The summed E-state index contributed by atoms with van der Waals surface area (Å²) >= 11 is 0. The van der Waals surface area contributed by atoms with Gasteiger partial charge in [-0.15, -0.1) is 0 Å². The molecule has 0 atom stereocenters. The molecule has 0 saturated carbocycles. The Bertz CT molecular complexity index is 1680. The molecule has 0 saturated heterocycles. The summed E-state index contributed by atoms with van der Waals surface area (Å²) < 4.78 is 57.9. The van der Waals surface area contributed by atoms with Gasteiger partial charge < -0.3 is 10.4 Å². The van der Waals surface area contributed by atoms with Crippen molar-refractivity contribution in [2.75, 3.05) is 5.32 Å². The summed E-state index contributed by atoms with van der Waals surface area (Å²) in [4.78, 5) is 25.5.